The number of anilines is 2. The van der Waals surface area contributed by atoms with Gasteiger partial charge in [-0.3, -0.25) is 0 Å². The van der Waals surface area contributed by atoms with Gasteiger partial charge in [0.05, 0.1) is 21.6 Å². The Balaban J connectivity index is 1.98. The summed E-state index contributed by atoms with van der Waals surface area (Å²) in [5.74, 6) is 0.871. The Morgan fingerprint density at radius 3 is 3.06 bits per heavy atom. The second-order valence-electron chi connectivity index (χ2n) is 4.52. The fraction of sp³-hybridized carbons (Fsp3) is 0.417. The van der Waals surface area contributed by atoms with Crippen LogP contribution in [0, 0.1) is 5.92 Å². The van der Waals surface area contributed by atoms with Gasteiger partial charge < -0.3 is 10.6 Å². The van der Waals surface area contributed by atoms with Gasteiger partial charge in [-0.05, 0) is 30.9 Å². The van der Waals surface area contributed by atoms with Crippen molar-refractivity contribution in [2.75, 3.05) is 24.2 Å². The Labute approximate surface area is 98.9 Å². The molecule has 4 heteroatoms. The second-order valence-corrected chi connectivity index (χ2v) is 5.41. The Bertz CT molecular complexity index is 516. The van der Waals surface area contributed by atoms with E-state index in [2.05, 4.69) is 29.1 Å². The van der Waals surface area contributed by atoms with Crippen LogP contribution < -0.4 is 10.6 Å². The van der Waals surface area contributed by atoms with Gasteiger partial charge in [-0.2, -0.15) is 0 Å². The lowest BCUT2D eigenvalue weighted by Crippen LogP contribution is -2.21. The normalized spacial score (nSPS) is 15.6. The third-order valence-electron chi connectivity index (χ3n) is 3.16. The van der Waals surface area contributed by atoms with Crippen molar-refractivity contribution in [2.45, 2.75) is 12.8 Å². The summed E-state index contributed by atoms with van der Waals surface area (Å²) in [7, 11) is 2.11. The number of hydrogen-bond acceptors (Lipinski definition) is 4. The van der Waals surface area contributed by atoms with Gasteiger partial charge in [-0.1, -0.05) is 0 Å². The van der Waals surface area contributed by atoms with Crippen LogP contribution in [0.25, 0.3) is 10.2 Å². The minimum atomic E-state index is 0.821. The molecule has 0 aliphatic heterocycles. The molecule has 0 spiro atoms. The Hall–Kier alpha value is -1.29. The maximum atomic E-state index is 6.16. The largest absolute Gasteiger partial charge is 0.395 e. The molecule has 2 aromatic rings. The summed E-state index contributed by atoms with van der Waals surface area (Å²) in [6.07, 6.45) is 2.73. The van der Waals surface area contributed by atoms with E-state index in [0.717, 1.165) is 29.4 Å². The predicted molar refractivity (Wildman–Crippen MR) is 70.0 cm³/mol. The molecule has 1 aromatic carbocycles. The Morgan fingerprint density at radius 1 is 1.50 bits per heavy atom. The van der Waals surface area contributed by atoms with Crippen molar-refractivity contribution in [3.05, 3.63) is 17.6 Å². The number of rotatable bonds is 3. The molecule has 16 heavy (non-hydrogen) atoms. The van der Waals surface area contributed by atoms with Crippen molar-refractivity contribution in [3.63, 3.8) is 0 Å². The summed E-state index contributed by atoms with van der Waals surface area (Å²) in [5, 5.41) is 0. The summed E-state index contributed by atoms with van der Waals surface area (Å²) in [6.45, 7) is 1.11. The Morgan fingerprint density at radius 2 is 2.31 bits per heavy atom. The second kappa shape index (κ2) is 3.63. The van der Waals surface area contributed by atoms with Crippen LogP contribution in [0.2, 0.25) is 0 Å². The van der Waals surface area contributed by atoms with Crippen LogP contribution >= 0.6 is 11.3 Å². The molecule has 3 rings (SSSR count). The molecule has 1 saturated carbocycles. The highest BCUT2D eigenvalue weighted by Crippen LogP contribution is 2.35. The number of fused-ring (bicyclic) bond motifs is 1. The smallest absolute Gasteiger partial charge is 0.106 e. The van der Waals surface area contributed by atoms with Crippen molar-refractivity contribution in [3.8, 4) is 0 Å². The van der Waals surface area contributed by atoms with E-state index in [-0.39, 0.29) is 0 Å². The molecule has 0 amide bonds. The minimum absolute atomic E-state index is 0.821. The number of benzene rings is 1. The first kappa shape index (κ1) is 9.90. The third kappa shape index (κ3) is 1.63. The molecule has 0 radical (unpaired) electrons. The van der Waals surface area contributed by atoms with E-state index in [1.807, 2.05) is 5.51 Å². The molecule has 0 saturated heterocycles. The molecule has 1 aromatic heterocycles. The van der Waals surface area contributed by atoms with Crippen molar-refractivity contribution in [2.24, 2.45) is 5.92 Å². The number of nitrogens with two attached hydrogens (primary N) is 1. The number of thiazole rings is 1. The summed E-state index contributed by atoms with van der Waals surface area (Å²) in [4.78, 5) is 6.58. The van der Waals surface area contributed by atoms with Gasteiger partial charge in [0.1, 0.15) is 5.52 Å². The van der Waals surface area contributed by atoms with E-state index < -0.39 is 0 Å². The van der Waals surface area contributed by atoms with E-state index in [1.54, 1.807) is 11.3 Å². The first-order chi connectivity index (χ1) is 7.75. The topological polar surface area (TPSA) is 42.2 Å². The number of nitrogen functional groups attached to an aromatic ring is 1. The van der Waals surface area contributed by atoms with Crippen LogP contribution in [0.5, 0.6) is 0 Å². The minimum Gasteiger partial charge on any atom is -0.395 e. The SMILES string of the molecule is CN(CC1CC1)c1ccc2scnc2c1N. The third-order valence-corrected chi connectivity index (χ3v) is 3.95. The van der Waals surface area contributed by atoms with Gasteiger partial charge in [0.25, 0.3) is 0 Å². The van der Waals surface area contributed by atoms with Crippen LogP contribution in [0.3, 0.4) is 0 Å². The van der Waals surface area contributed by atoms with Crippen LogP contribution in [0.1, 0.15) is 12.8 Å². The average Bonchev–Trinajstić information content (AvgIpc) is 2.94. The van der Waals surface area contributed by atoms with Crippen molar-refractivity contribution < 1.29 is 0 Å². The van der Waals surface area contributed by atoms with Gasteiger partial charge in [0, 0.05) is 13.6 Å². The summed E-state index contributed by atoms with van der Waals surface area (Å²) >= 11 is 1.64. The fourth-order valence-corrected chi connectivity index (χ4v) is 2.75. The number of hydrogen-bond donors (Lipinski definition) is 1. The molecule has 1 heterocycles. The van der Waals surface area contributed by atoms with Gasteiger partial charge in [-0.15, -0.1) is 11.3 Å². The maximum absolute atomic E-state index is 6.16. The lowest BCUT2D eigenvalue weighted by Gasteiger charge is -2.20. The zero-order chi connectivity index (χ0) is 11.1. The average molecular weight is 233 g/mol. The van der Waals surface area contributed by atoms with E-state index in [4.69, 9.17) is 5.73 Å². The fourth-order valence-electron chi connectivity index (χ4n) is 2.06. The van der Waals surface area contributed by atoms with E-state index in [0.29, 0.717) is 0 Å². The summed E-state index contributed by atoms with van der Waals surface area (Å²) < 4.78 is 1.17. The lowest BCUT2D eigenvalue weighted by molar-refractivity contribution is 0.788. The van der Waals surface area contributed by atoms with Crippen LogP contribution in [-0.2, 0) is 0 Å². The zero-order valence-electron chi connectivity index (χ0n) is 9.31. The van der Waals surface area contributed by atoms with Gasteiger partial charge in [0.15, 0.2) is 0 Å². The molecule has 3 nitrogen and oxygen atoms in total. The van der Waals surface area contributed by atoms with Crippen molar-refractivity contribution in [1.29, 1.82) is 0 Å². The van der Waals surface area contributed by atoms with E-state index >= 15 is 0 Å². The lowest BCUT2D eigenvalue weighted by atomic mass is 10.2. The maximum Gasteiger partial charge on any atom is 0.106 e. The summed E-state index contributed by atoms with van der Waals surface area (Å²) in [5.41, 5.74) is 10.9. The summed E-state index contributed by atoms with van der Waals surface area (Å²) in [6, 6.07) is 4.22. The highest BCUT2D eigenvalue weighted by Gasteiger charge is 2.23. The zero-order valence-corrected chi connectivity index (χ0v) is 10.1. The first-order valence-electron chi connectivity index (χ1n) is 5.58. The highest BCUT2D eigenvalue weighted by molar-refractivity contribution is 7.16. The highest BCUT2D eigenvalue weighted by atomic mass is 32.1. The van der Waals surface area contributed by atoms with Crippen molar-refractivity contribution in [1.82, 2.24) is 4.98 Å². The quantitative estimate of drug-likeness (QED) is 0.829. The predicted octanol–water partition coefficient (Wildman–Crippen LogP) is 2.72. The van der Waals surface area contributed by atoms with Crippen LogP contribution in [0.4, 0.5) is 11.4 Å². The monoisotopic (exact) mass is 233 g/mol. The van der Waals surface area contributed by atoms with E-state index in [1.165, 1.54) is 17.5 Å². The van der Waals surface area contributed by atoms with Gasteiger partial charge >= 0.3 is 0 Å². The molecule has 2 N–H and O–H groups in total. The van der Waals surface area contributed by atoms with Gasteiger partial charge in [-0.25, -0.2) is 4.98 Å². The van der Waals surface area contributed by atoms with Crippen LogP contribution in [-0.4, -0.2) is 18.6 Å². The van der Waals surface area contributed by atoms with Crippen molar-refractivity contribution >= 4 is 32.9 Å². The van der Waals surface area contributed by atoms with Gasteiger partial charge in [0.2, 0.25) is 0 Å². The van der Waals surface area contributed by atoms with Crippen LogP contribution in [0.15, 0.2) is 17.6 Å². The standard InChI is InChI=1S/C12H15N3S/c1-15(6-8-2-3-8)9-4-5-10-12(11(9)13)14-7-16-10/h4-5,7-8H,2-3,6,13H2,1H3. The number of nitrogens with zero attached hydrogens (tertiary/aromatic N) is 2. The molecule has 0 bridgehead atoms. The molecule has 0 unspecified atom stereocenters. The Kier molecular flexibility index (Phi) is 2.24. The molecule has 1 fully saturated rings. The first-order valence-corrected chi connectivity index (χ1v) is 6.46. The molecular weight excluding hydrogens is 218 g/mol. The molecule has 0 atom stereocenters. The molecule has 84 valence electrons. The number of aromatic nitrogens is 1. The molecule has 1 aliphatic carbocycles. The van der Waals surface area contributed by atoms with E-state index in [9.17, 15) is 0 Å². The molecular formula is C12H15N3S. The molecule has 1 aliphatic rings.